The maximum Gasteiger partial charge on any atom is -0.00201 e. The van der Waals surface area contributed by atoms with E-state index in [2.05, 4.69) is 400 Å². The highest BCUT2D eigenvalue weighted by Crippen LogP contribution is 2.50. The highest BCUT2D eigenvalue weighted by Gasteiger charge is 2.23. The van der Waals surface area contributed by atoms with Crippen LogP contribution in [0.25, 0.3) is 208 Å². The Morgan fingerprint density at radius 3 is 0.904 bits per heavy atom. The summed E-state index contributed by atoms with van der Waals surface area (Å²) >= 11 is 0. The summed E-state index contributed by atoms with van der Waals surface area (Å²) in [4.78, 5) is 0. The molecule has 0 radical (unpaired) electrons. The van der Waals surface area contributed by atoms with Crippen LogP contribution in [-0.4, -0.2) is 0 Å². The van der Waals surface area contributed by atoms with E-state index in [0.717, 1.165) is 0 Å². The fourth-order valence-electron chi connectivity index (χ4n) is 17.3. The molecular formula is C104H66. The SMILES string of the molecule is c1ccc(-c2c3ccccc3c(-c3ccccc3)c3cc(-c4cccc5c4ccc4c(-c6ccccc6)c6ccccc6cc45)ccc23)cc1.c1ccc(-c2c3ccccc3c(-c3ccccc3)c3cc(-c4cccc5c4ccc4cc6ccccc6c(-c6ccc7ccccc7c6)c45)ccc23)cc1. The van der Waals surface area contributed by atoms with Gasteiger partial charge in [0, 0.05) is 0 Å². The smallest absolute Gasteiger partial charge is 0.00201 e. The fraction of sp³-hybridized carbons (Fsp3) is 0. The Kier molecular flexibility index (Phi) is 14.7. The van der Waals surface area contributed by atoms with E-state index in [0.29, 0.717) is 0 Å². The highest BCUT2D eigenvalue weighted by atomic mass is 14.3. The van der Waals surface area contributed by atoms with Crippen LogP contribution in [0.4, 0.5) is 0 Å². The summed E-state index contributed by atoms with van der Waals surface area (Å²) in [6, 6.07) is 147. The molecule has 104 heavy (non-hydrogen) atoms. The first-order valence-electron chi connectivity index (χ1n) is 36.1. The number of benzene rings is 21. The van der Waals surface area contributed by atoms with Crippen molar-refractivity contribution in [3.8, 4) is 89.0 Å². The minimum Gasteiger partial charge on any atom is -0.0622 e. The average Bonchev–Trinajstić information content (AvgIpc) is 0.741. The van der Waals surface area contributed by atoms with Crippen molar-refractivity contribution in [2.45, 2.75) is 0 Å². The first kappa shape index (κ1) is 60.4. The monoisotopic (exact) mass is 1310 g/mol. The molecule has 0 N–H and O–H groups in total. The number of fused-ring (bicyclic) bond motifs is 13. The third kappa shape index (κ3) is 10.1. The normalized spacial score (nSPS) is 11.7. The molecule has 21 aromatic rings. The minimum absolute atomic E-state index is 1.21. The van der Waals surface area contributed by atoms with Gasteiger partial charge in [0.15, 0.2) is 0 Å². The molecule has 0 spiro atoms. The molecule has 0 aromatic heterocycles. The third-order valence-electron chi connectivity index (χ3n) is 21.8. The van der Waals surface area contributed by atoms with Gasteiger partial charge in [0.05, 0.1) is 0 Å². The van der Waals surface area contributed by atoms with Crippen molar-refractivity contribution in [3.05, 3.63) is 400 Å². The predicted octanol–water partition coefficient (Wildman–Crippen LogP) is 29.4. The van der Waals surface area contributed by atoms with Crippen molar-refractivity contribution in [2.24, 2.45) is 0 Å². The van der Waals surface area contributed by atoms with Gasteiger partial charge < -0.3 is 0 Å². The summed E-state index contributed by atoms with van der Waals surface area (Å²) in [6.45, 7) is 0. The van der Waals surface area contributed by atoms with E-state index < -0.39 is 0 Å². The standard InChI is InChI=1S/C54H34.C50H32/c1-3-15-36(16-4-1)51-47-22-11-12-23-48(47)52(37-17-5-2-6-18-37)50-34-40(28-31-49(50)51)43-24-13-25-46-45(43)30-29-42-33-39-20-9-10-21-44(39)53(54(42)46)41-27-26-35-14-7-8-19-38(35)32-41;1-4-15-33(16-5-1)48-39-22-11-10-21-36(39)31-46-40-26-14-25-38(41(40)29-30-44(46)48)37-27-28-45-47(32-37)50(35-19-8-3-9-20-35)43-24-13-12-23-42(43)49(45)34-17-6-2-7-18-34/h1-34H;1-32H. The minimum atomic E-state index is 1.21. The van der Waals surface area contributed by atoms with E-state index in [9.17, 15) is 0 Å². The van der Waals surface area contributed by atoms with Crippen LogP contribution in [0.1, 0.15) is 0 Å². The average molecular weight is 1320 g/mol. The molecule has 0 bridgehead atoms. The van der Waals surface area contributed by atoms with Gasteiger partial charge in [-0.1, -0.05) is 370 Å². The molecule has 482 valence electrons. The zero-order valence-electron chi connectivity index (χ0n) is 57.1. The molecule has 0 heterocycles. The molecule has 0 aliphatic heterocycles. The second-order valence-electron chi connectivity index (χ2n) is 27.6. The molecule has 0 unspecified atom stereocenters. The Labute approximate surface area is 603 Å². The molecule has 0 saturated carbocycles. The molecule has 0 saturated heterocycles. The first-order valence-corrected chi connectivity index (χ1v) is 36.1. The zero-order valence-corrected chi connectivity index (χ0v) is 57.1. The third-order valence-corrected chi connectivity index (χ3v) is 21.8. The van der Waals surface area contributed by atoms with Crippen LogP contribution < -0.4 is 0 Å². The first-order chi connectivity index (χ1) is 51.6. The van der Waals surface area contributed by atoms with Crippen LogP contribution in [0, 0.1) is 0 Å². The predicted molar refractivity (Wildman–Crippen MR) is 449 cm³/mol. The Morgan fingerprint density at radius 2 is 0.413 bits per heavy atom. The maximum absolute atomic E-state index is 2.44. The van der Waals surface area contributed by atoms with Gasteiger partial charge in [-0.15, -0.1) is 0 Å². The van der Waals surface area contributed by atoms with E-state index in [-0.39, 0.29) is 0 Å². The van der Waals surface area contributed by atoms with E-state index in [1.807, 2.05) is 0 Å². The fourth-order valence-corrected chi connectivity index (χ4v) is 17.3. The van der Waals surface area contributed by atoms with E-state index in [4.69, 9.17) is 0 Å². The van der Waals surface area contributed by atoms with Crippen LogP contribution >= 0.6 is 0 Å². The number of hydrogen-bond donors (Lipinski definition) is 0. The van der Waals surface area contributed by atoms with Crippen molar-refractivity contribution in [1.29, 1.82) is 0 Å². The highest BCUT2D eigenvalue weighted by molar-refractivity contribution is 6.28. The Hall–Kier alpha value is -13.5. The lowest BCUT2D eigenvalue weighted by Crippen LogP contribution is -1.92. The summed E-state index contributed by atoms with van der Waals surface area (Å²) in [5, 5.41) is 27.9. The second kappa shape index (κ2) is 25.3. The van der Waals surface area contributed by atoms with Crippen molar-refractivity contribution in [3.63, 3.8) is 0 Å². The van der Waals surface area contributed by atoms with Crippen molar-refractivity contribution in [2.75, 3.05) is 0 Å². The van der Waals surface area contributed by atoms with Crippen LogP contribution in [0.15, 0.2) is 400 Å². The molecule has 0 atom stereocenters. The van der Waals surface area contributed by atoms with E-state index >= 15 is 0 Å². The van der Waals surface area contributed by atoms with Gasteiger partial charge >= 0.3 is 0 Å². The largest absolute Gasteiger partial charge is 0.0622 e. The van der Waals surface area contributed by atoms with E-state index in [1.165, 1.54) is 208 Å². The van der Waals surface area contributed by atoms with Gasteiger partial charge in [-0.25, -0.2) is 0 Å². The van der Waals surface area contributed by atoms with Gasteiger partial charge in [-0.05, 0) is 238 Å². The van der Waals surface area contributed by atoms with Gasteiger partial charge in [-0.3, -0.25) is 0 Å². The lowest BCUT2D eigenvalue weighted by molar-refractivity contribution is 1.64. The molecule has 0 amide bonds. The summed E-state index contributed by atoms with van der Waals surface area (Å²) < 4.78 is 0. The lowest BCUT2D eigenvalue weighted by Gasteiger charge is -2.19. The maximum atomic E-state index is 2.44. The second-order valence-corrected chi connectivity index (χ2v) is 27.6. The van der Waals surface area contributed by atoms with Crippen molar-refractivity contribution < 1.29 is 0 Å². The molecule has 21 rings (SSSR count). The number of hydrogen-bond acceptors (Lipinski definition) is 0. The van der Waals surface area contributed by atoms with Gasteiger partial charge in [0.1, 0.15) is 0 Å². The van der Waals surface area contributed by atoms with Crippen LogP contribution in [0.2, 0.25) is 0 Å². The molecule has 0 nitrogen and oxygen atoms in total. The Morgan fingerprint density at radius 1 is 0.106 bits per heavy atom. The summed E-state index contributed by atoms with van der Waals surface area (Å²) in [5.41, 5.74) is 20.0. The van der Waals surface area contributed by atoms with Gasteiger partial charge in [0.25, 0.3) is 0 Å². The van der Waals surface area contributed by atoms with Gasteiger partial charge in [0.2, 0.25) is 0 Å². The summed E-state index contributed by atoms with van der Waals surface area (Å²) in [5.74, 6) is 0. The summed E-state index contributed by atoms with van der Waals surface area (Å²) in [6.07, 6.45) is 0. The van der Waals surface area contributed by atoms with Crippen molar-refractivity contribution >= 4 is 118 Å². The number of rotatable bonds is 8. The Bertz CT molecular complexity index is 6980. The van der Waals surface area contributed by atoms with Crippen molar-refractivity contribution in [1.82, 2.24) is 0 Å². The van der Waals surface area contributed by atoms with Gasteiger partial charge in [-0.2, -0.15) is 0 Å². The zero-order chi connectivity index (χ0) is 68.6. The molecule has 0 fully saturated rings. The lowest BCUT2D eigenvalue weighted by atomic mass is 9.84. The summed E-state index contributed by atoms with van der Waals surface area (Å²) in [7, 11) is 0. The molecule has 21 aromatic carbocycles. The van der Waals surface area contributed by atoms with E-state index in [1.54, 1.807) is 0 Å². The molecule has 0 heteroatoms. The molecule has 0 aliphatic rings. The Balaban J connectivity index is 0.000000139. The molecular weight excluding hydrogens is 1250 g/mol. The topological polar surface area (TPSA) is 0 Å². The van der Waals surface area contributed by atoms with Crippen LogP contribution in [0.3, 0.4) is 0 Å². The van der Waals surface area contributed by atoms with Crippen LogP contribution in [0.5, 0.6) is 0 Å². The van der Waals surface area contributed by atoms with Crippen LogP contribution in [-0.2, 0) is 0 Å². The quantitative estimate of drug-likeness (QED) is 0.105. The molecule has 0 aliphatic carbocycles.